The molecule has 0 aliphatic heterocycles. The summed E-state index contributed by atoms with van der Waals surface area (Å²) in [6, 6.07) is 9.27. The summed E-state index contributed by atoms with van der Waals surface area (Å²) in [5.74, 6) is -1.33. The van der Waals surface area contributed by atoms with Crippen molar-refractivity contribution in [1.29, 1.82) is 0 Å². The number of hydrogen-bond donors (Lipinski definition) is 4. The Morgan fingerprint density at radius 3 is 2.38 bits per heavy atom. The van der Waals surface area contributed by atoms with Gasteiger partial charge in [0.05, 0.1) is 30.0 Å². The first-order valence-corrected chi connectivity index (χ1v) is 12.2. The van der Waals surface area contributed by atoms with Crippen LogP contribution in [0.3, 0.4) is 0 Å². The lowest BCUT2D eigenvalue weighted by molar-refractivity contribution is -0.139. The molecule has 0 saturated heterocycles. The number of nitrogens with one attached hydrogen (secondary N) is 1. The van der Waals surface area contributed by atoms with E-state index in [0.717, 1.165) is 11.8 Å². The summed E-state index contributed by atoms with van der Waals surface area (Å²) in [6.45, 7) is 3.86. The van der Waals surface area contributed by atoms with Gasteiger partial charge in [0.2, 0.25) is 5.95 Å². The second kappa shape index (κ2) is 11.2. The molecule has 174 valence electrons. The highest BCUT2D eigenvalue weighted by molar-refractivity contribution is 7.90. The number of anilines is 1. The number of aliphatic carboxylic acids is 1. The second-order valence-corrected chi connectivity index (χ2v) is 10.0. The van der Waals surface area contributed by atoms with Gasteiger partial charge in [0.1, 0.15) is 5.88 Å². The Morgan fingerprint density at radius 2 is 1.81 bits per heavy atom. The molecule has 0 unspecified atom stereocenters. The van der Waals surface area contributed by atoms with Gasteiger partial charge in [-0.25, -0.2) is 18.4 Å². The van der Waals surface area contributed by atoms with Gasteiger partial charge in [0.15, 0.2) is 9.84 Å². The van der Waals surface area contributed by atoms with Gasteiger partial charge >= 0.3 is 5.97 Å². The van der Waals surface area contributed by atoms with Gasteiger partial charge in [-0.3, -0.25) is 4.79 Å². The highest BCUT2D eigenvalue weighted by atomic mass is 32.2. The molecule has 32 heavy (non-hydrogen) atoms. The lowest BCUT2D eigenvalue weighted by Gasteiger charge is -2.17. The number of benzene rings is 1. The lowest BCUT2D eigenvalue weighted by Crippen LogP contribution is -2.19. The fourth-order valence-corrected chi connectivity index (χ4v) is 3.42. The predicted octanol–water partition coefficient (Wildman–Crippen LogP) is 2.28. The molecular weight excluding hydrogens is 434 g/mol. The molecule has 0 saturated carbocycles. The summed E-state index contributed by atoms with van der Waals surface area (Å²) in [6.07, 6.45) is 1.39. The maximum absolute atomic E-state index is 11.6. The van der Waals surface area contributed by atoms with Crippen molar-refractivity contribution in [3.8, 4) is 11.3 Å². The van der Waals surface area contributed by atoms with Crippen LogP contribution in [0.2, 0.25) is 0 Å². The first-order chi connectivity index (χ1) is 15.0. The molecule has 0 fully saturated rings. The highest BCUT2D eigenvalue weighted by Gasteiger charge is 2.18. The van der Waals surface area contributed by atoms with E-state index in [0.29, 0.717) is 17.0 Å². The number of carboxylic acids is 1. The van der Waals surface area contributed by atoms with E-state index < -0.39 is 34.4 Å². The Morgan fingerprint density at radius 1 is 1.16 bits per heavy atom. The molecule has 0 bridgehead atoms. The minimum atomic E-state index is -3.29. The van der Waals surface area contributed by atoms with E-state index >= 15 is 0 Å². The van der Waals surface area contributed by atoms with Crippen molar-refractivity contribution in [2.45, 2.75) is 44.8 Å². The molecule has 1 heterocycles. The summed E-state index contributed by atoms with van der Waals surface area (Å²) >= 11 is 0. The molecule has 0 spiro atoms. The molecule has 1 aromatic carbocycles. The topological polar surface area (TPSA) is 150 Å². The lowest BCUT2D eigenvalue weighted by atomic mass is 9.97. The Balaban J connectivity index is 2.48. The van der Waals surface area contributed by atoms with Crippen LogP contribution in [-0.4, -0.2) is 64.0 Å². The number of sulfone groups is 1. The third-order valence-electron chi connectivity index (χ3n) is 4.47. The molecule has 0 aliphatic carbocycles. The van der Waals surface area contributed by atoms with Crippen LogP contribution in [0.4, 0.5) is 5.95 Å². The van der Waals surface area contributed by atoms with Gasteiger partial charge in [0, 0.05) is 23.8 Å². The third-order valence-corrected chi connectivity index (χ3v) is 5.14. The normalized spacial score (nSPS) is 13.9. The van der Waals surface area contributed by atoms with E-state index in [1.165, 1.54) is 6.08 Å². The smallest absolute Gasteiger partial charge is 0.305 e. The molecule has 2 rings (SSSR count). The fourth-order valence-electron chi connectivity index (χ4n) is 3.03. The zero-order chi connectivity index (χ0) is 23.9. The summed E-state index contributed by atoms with van der Waals surface area (Å²) in [5, 5.41) is 31.5. The van der Waals surface area contributed by atoms with Gasteiger partial charge in [0.25, 0.3) is 0 Å². The number of aromatic nitrogens is 2. The summed E-state index contributed by atoms with van der Waals surface area (Å²) in [5.41, 5.74) is 2.61. The first-order valence-electron chi connectivity index (χ1n) is 10.1. The quantitative estimate of drug-likeness (QED) is 0.393. The number of aliphatic hydroxyl groups is 2. The number of carbonyl (C=O) groups is 1. The number of nitrogens with zero attached hydrogens (tertiary/aromatic N) is 2. The van der Waals surface area contributed by atoms with Crippen LogP contribution < -0.4 is 5.32 Å². The molecule has 0 radical (unpaired) electrons. The second-order valence-electron chi connectivity index (χ2n) is 7.88. The van der Waals surface area contributed by atoms with E-state index in [2.05, 4.69) is 15.3 Å². The van der Waals surface area contributed by atoms with Crippen LogP contribution in [0.1, 0.15) is 43.9 Å². The Bertz CT molecular complexity index is 1050. The summed E-state index contributed by atoms with van der Waals surface area (Å²) in [4.78, 5) is 19.7. The third kappa shape index (κ3) is 8.03. The van der Waals surface area contributed by atoms with Crippen molar-refractivity contribution in [2.24, 2.45) is 0 Å². The monoisotopic (exact) mass is 463 g/mol. The van der Waals surface area contributed by atoms with Gasteiger partial charge in [-0.05, 0) is 5.92 Å². The minimum absolute atomic E-state index is 0.0476. The van der Waals surface area contributed by atoms with Gasteiger partial charge in [-0.1, -0.05) is 56.3 Å². The fraction of sp³-hybridized carbons (Fsp3) is 0.409. The van der Waals surface area contributed by atoms with E-state index in [1.54, 1.807) is 6.08 Å². The highest BCUT2D eigenvalue weighted by Crippen LogP contribution is 2.30. The molecule has 0 amide bonds. The minimum Gasteiger partial charge on any atom is -0.481 e. The van der Waals surface area contributed by atoms with Crippen molar-refractivity contribution in [3.63, 3.8) is 0 Å². The van der Waals surface area contributed by atoms with Gasteiger partial charge in [-0.2, -0.15) is 0 Å². The van der Waals surface area contributed by atoms with E-state index in [-0.39, 0.29) is 24.2 Å². The zero-order valence-electron chi connectivity index (χ0n) is 18.3. The molecule has 2 aromatic rings. The van der Waals surface area contributed by atoms with Crippen molar-refractivity contribution < 1.29 is 28.5 Å². The standard InChI is InChI=1S/C22H29N3O6S/c1-14(2)20-18(10-9-16(26)11-17(27)12-19(28)29)21(15-7-5-4-6-8-15)25-22(24-20)23-13-32(3,30)31/h4-10,14,16-17,26-27H,11-13H2,1-3H3,(H,28,29)(H,23,24,25)/t16-,17-/m1/s1. The van der Waals surface area contributed by atoms with Crippen molar-refractivity contribution in [1.82, 2.24) is 9.97 Å². The Kier molecular flexibility index (Phi) is 8.88. The maximum atomic E-state index is 11.6. The molecule has 10 heteroatoms. The molecule has 4 N–H and O–H groups in total. The van der Waals surface area contributed by atoms with Crippen LogP contribution in [0.25, 0.3) is 17.3 Å². The summed E-state index contributed by atoms with van der Waals surface area (Å²) in [7, 11) is -3.29. The van der Waals surface area contributed by atoms with Gasteiger partial charge < -0.3 is 20.6 Å². The largest absolute Gasteiger partial charge is 0.481 e. The number of rotatable bonds is 11. The molecule has 9 nitrogen and oxygen atoms in total. The van der Waals surface area contributed by atoms with Crippen molar-refractivity contribution in [3.05, 3.63) is 47.7 Å². The molecular formula is C22H29N3O6S. The first kappa shape index (κ1) is 25.4. The predicted molar refractivity (Wildman–Crippen MR) is 123 cm³/mol. The van der Waals surface area contributed by atoms with Gasteiger partial charge in [-0.15, -0.1) is 0 Å². The molecule has 0 aliphatic rings. The average Bonchev–Trinajstić information content (AvgIpc) is 2.69. The maximum Gasteiger partial charge on any atom is 0.305 e. The summed E-state index contributed by atoms with van der Waals surface area (Å²) < 4.78 is 23.1. The van der Waals surface area contributed by atoms with Crippen LogP contribution in [0.15, 0.2) is 36.4 Å². The van der Waals surface area contributed by atoms with Crippen LogP contribution in [0, 0.1) is 0 Å². The number of aliphatic hydroxyl groups excluding tert-OH is 2. The molecule has 1 aromatic heterocycles. The van der Waals surface area contributed by atoms with Crippen LogP contribution in [-0.2, 0) is 14.6 Å². The van der Waals surface area contributed by atoms with Crippen molar-refractivity contribution >= 4 is 27.8 Å². The molecule has 2 atom stereocenters. The Labute approximate surface area is 187 Å². The van der Waals surface area contributed by atoms with E-state index in [1.807, 2.05) is 44.2 Å². The van der Waals surface area contributed by atoms with Crippen LogP contribution >= 0.6 is 0 Å². The number of hydrogen-bond acceptors (Lipinski definition) is 8. The van der Waals surface area contributed by atoms with Crippen molar-refractivity contribution in [2.75, 3.05) is 17.4 Å². The van der Waals surface area contributed by atoms with Crippen LogP contribution in [0.5, 0.6) is 0 Å². The zero-order valence-corrected chi connectivity index (χ0v) is 19.1. The number of carboxylic acid groups (broad SMARTS) is 1. The average molecular weight is 464 g/mol. The SMILES string of the molecule is CC(C)c1nc(NCS(C)(=O)=O)nc(-c2ccccc2)c1C=C[C@@H](O)C[C@@H](O)CC(=O)O. The Hall–Kier alpha value is -2.82. The van der Waals surface area contributed by atoms with E-state index in [9.17, 15) is 23.4 Å². The van der Waals surface area contributed by atoms with E-state index in [4.69, 9.17) is 5.11 Å².